The summed E-state index contributed by atoms with van der Waals surface area (Å²) in [6.45, 7) is 3.15. The van der Waals surface area contributed by atoms with Crippen molar-refractivity contribution in [2.24, 2.45) is 11.8 Å². The van der Waals surface area contributed by atoms with E-state index in [1.807, 2.05) is 11.8 Å². The maximum Gasteiger partial charge on any atom is 0.318 e. The topological polar surface area (TPSA) is 75.5 Å². The number of aromatic nitrogens is 2. The summed E-state index contributed by atoms with van der Waals surface area (Å²) < 4.78 is 4.98. The van der Waals surface area contributed by atoms with Gasteiger partial charge in [0.1, 0.15) is 5.02 Å². The average Bonchev–Trinajstić information content (AvgIpc) is 2.38. The minimum absolute atomic E-state index is 0.226. The molecule has 0 saturated carbocycles. The number of anilines is 1. The SMILES string of the molecule is COc1ncc(Cl)c(N2CC(C)CC(C(=O)O)C2)n1. The first-order chi connectivity index (χ1) is 9.01. The molecule has 19 heavy (non-hydrogen) atoms. The van der Waals surface area contributed by atoms with Gasteiger partial charge in [0.05, 0.1) is 19.2 Å². The highest BCUT2D eigenvalue weighted by Crippen LogP contribution is 2.30. The van der Waals surface area contributed by atoms with Crippen LogP contribution in [0.2, 0.25) is 5.02 Å². The molecule has 2 unspecified atom stereocenters. The van der Waals surface area contributed by atoms with Crippen molar-refractivity contribution < 1.29 is 14.6 Å². The highest BCUT2D eigenvalue weighted by atomic mass is 35.5. The summed E-state index contributed by atoms with van der Waals surface area (Å²) in [6.07, 6.45) is 2.14. The van der Waals surface area contributed by atoms with E-state index < -0.39 is 11.9 Å². The van der Waals surface area contributed by atoms with E-state index in [9.17, 15) is 9.90 Å². The second-order valence-electron chi connectivity index (χ2n) is 4.81. The monoisotopic (exact) mass is 285 g/mol. The molecule has 0 spiro atoms. The number of carbonyl (C=O) groups is 1. The van der Waals surface area contributed by atoms with Crippen LogP contribution < -0.4 is 9.64 Å². The van der Waals surface area contributed by atoms with Crippen LogP contribution in [0.1, 0.15) is 13.3 Å². The zero-order valence-corrected chi connectivity index (χ0v) is 11.6. The number of carboxylic acid groups (broad SMARTS) is 1. The fraction of sp³-hybridized carbons (Fsp3) is 0.583. The third-order valence-corrected chi connectivity index (χ3v) is 3.46. The van der Waals surface area contributed by atoms with E-state index >= 15 is 0 Å². The van der Waals surface area contributed by atoms with Crippen molar-refractivity contribution in [3.05, 3.63) is 11.2 Å². The second kappa shape index (κ2) is 5.61. The van der Waals surface area contributed by atoms with Crippen LogP contribution in [0.4, 0.5) is 5.82 Å². The first-order valence-corrected chi connectivity index (χ1v) is 6.43. The van der Waals surface area contributed by atoms with Gasteiger partial charge in [-0.1, -0.05) is 18.5 Å². The molecule has 0 aliphatic carbocycles. The molecular weight excluding hydrogens is 270 g/mol. The van der Waals surface area contributed by atoms with Crippen LogP contribution in [-0.4, -0.2) is 41.2 Å². The Morgan fingerprint density at radius 3 is 2.95 bits per heavy atom. The van der Waals surface area contributed by atoms with Crippen LogP contribution in [-0.2, 0) is 4.79 Å². The van der Waals surface area contributed by atoms with Gasteiger partial charge in [-0.15, -0.1) is 0 Å². The Hall–Kier alpha value is -1.56. The molecule has 1 fully saturated rings. The lowest BCUT2D eigenvalue weighted by Crippen LogP contribution is -2.43. The molecule has 1 aliphatic heterocycles. The van der Waals surface area contributed by atoms with Crippen molar-refractivity contribution in [2.75, 3.05) is 25.1 Å². The van der Waals surface area contributed by atoms with Crippen LogP contribution in [0.15, 0.2) is 6.20 Å². The summed E-state index contributed by atoms with van der Waals surface area (Å²) in [6, 6.07) is 0.226. The van der Waals surface area contributed by atoms with Gasteiger partial charge in [-0.3, -0.25) is 4.79 Å². The summed E-state index contributed by atoms with van der Waals surface area (Å²) >= 11 is 6.09. The third-order valence-electron chi connectivity index (χ3n) is 3.19. The van der Waals surface area contributed by atoms with Crippen molar-refractivity contribution >= 4 is 23.4 Å². The van der Waals surface area contributed by atoms with E-state index in [1.165, 1.54) is 13.3 Å². The lowest BCUT2D eigenvalue weighted by Gasteiger charge is -2.35. The van der Waals surface area contributed by atoms with Gasteiger partial charge in [0, 0.05) is 13.1 Å². The van der Waals surface area contributed by atoms with E-state index in [-0.39, 0.29) is 11.9 Å². The van der Waals surface area contributed by atoms with Crippen molar-refractivity contribution in [3.63, 3.8) is 0 Å². The first-order valence-electron chi connectivity index (χ1n) is 6.05. The van der Waals surface area contributed by atoms with Gasteiger partial charge in [-0.2, -0.15) is 4.98 Å². The fourth-order valence-corrected chi connectivity index (χ4v) is 2.58. The lowest BCUT2D eigenvalue weighted by molar-refractivity contribution is -0.142. The third kappa shape index (κ3) is 3.07. The summed E-state index contributed by atoms with van der Waals surface area (Å²) in [5.74, 6) is -0.382. The highest BCUT2D eigenvalue weighted by Gasteiger charge is 2.31. The van der Waals surface area contributed by atoms with Gasteiger partial charge in [-0.05, 0) is 12.3 Å². The predicted octanol–water partition coefficient (Wildman–Crippen LogP) is 1.69. The van der Waals surface area contributed by atoms with Crippen molar-refractivity contribution in [3.8, 4) is 6.01 Å². The summed E-state index contributed by atoms with van der Waals surface area (Å²) in [4.78, 5) is 21.2. The van der Waals surface area contributed by atoms with Gasteiger partial charge in [0.2, 0.25) is 0 Å². The van der Waals surface area contributed by atoms with E-state index in [4.69, 9.17) is 16.3 Å². The molecule has 0 bridgehead atoms. The van der Waals surface area contributed by atoms with E-state index in [1.54, 1.807) is 0 Å². The number of hydrogen-bond acceptors (Lipinski definition) is 5. The Morgan fingerprint density at radius 1 is 1.58 bits per heavy atom. The second-order valence-corrected chi connectivity index (χ2v) is 5.22. The molecule has 104 valence electrons. The van der Waals surface area contributed by atoms with E-state index in [2.05, 4.69) is 9.97 Å². The molecule has 2 heterocycles. The van der Waals surface area contributed by atoms with Crippen molar-refractivity contribution in [2.45, 2.75) is 13.3 Å². The molecule has 2 rings (SSSR count). The van der Waals surface area contributed by atoms with Crippen molar-refractivity contribution in [1.82, 2.24) is 9.97 Å². The molecule has 1 aromatic rings. The number of nitrogens with zero attached hydrogens (tertiary/aromatic N) is 3. The Bertz CT molecular complexity index is 483. The van der Waals surface area contributed by atoms with Gasteiger partial charge < -0.3 is 14.7 Å². The van der Waals surface area contributed by atoms with Gasteiger partial charge in [-0.25, -0.2) is 4.98 Å². The standard InChI is InChI=1S/C12H16ClN3O3/c1-7-3-8(11(17)18)6-16(5-7)10-9(13)4-14-12(15-10)19-2/h4,7-8H,3,5-6H2,1-2H3,(H,17,18). The number of methoxy groups -OCH3 is 1. The highest BCUT2D eigenvalue weighted by molar-refractivity contribution is 6.32. The minimum atomic E-state index is -0.784. The number of rotatable bonds is 3. The van der Waals surface area contributed by atoms with Gasteiger partial charge in [0.15, 0.2) is 5.82 Å². The largest absolute Gasteiger partial charge is 0.481 e. The zero-order chi connectivity index (χ0) is 14.0. The Kier molecular flexibility index (Phi) is 4.09. The predicted molar refractivity (Wildman–Crippen MR) is 70.7 cm³/mol. The molecule has 0 amide bonds. The Morgan fingerprint density at radius 2 is 2.32 bits per heavy atom. The molecule has 1 saturated heterocycles. The number of hydrogen-bond donors (Lipinski definition) is 1. The molecular formula is C12H16ClN3O3. The summed E-state index contributed by atoms with van der Waals surface area (Å²) in [5.41, 5.74) is 0. The Balaban J connectivity index is 2.27. The minimum Gasteiger partial charge on any atom is -0.481 e. The molecule has 1 aliphatic rings. The van der Waals surface area contributed by atoms with Crippen LogP contribution >= 0.6 is 11.6 Å². The van der Waals surface area contributed by atoms with E-state index in [0.717, 1.165) is 6.54 Å². The lowest BCUT2D eigenvalue weighted by atomic mass is 9.90. The normalized spacial score (nSPS) is 23.2. The maximum absolute atomic E-state index is 11.2. The average molecular weight is 286 g/mol. The van der Waals surface area contributed by atoms with Crippen LogP contribution in [0.5, 0.6) is 6.01 Å². The summed E-state index contributed by atoms with van der Waals surface area (Å²) in [7, 11) is 1.48. The van der Waals surface area contributed by atoms with E-state index in [0.29, 0.717) is 23.8 Å². The number of piperidine rings is 1. The molecule has 2 atom stereocenters. The van der Waals surface area contributed by atoms with Crippen LogP contribution in [0, 0.1) is 11.8 Å². The molecule has 1 N–H and O–H groups in total. The first kappa shape index (κ1) is 13.9. The van der Waals surface area contributed by atoms with Gasteiger partial charge in [0.25, 0.3) is 0 Å². The molecule has 1 aromatic heterocycles. The molecule has 0 radical (unpaired) electrons. The maximum atomic E-state index is 11.2. The molecule has 6 nitrogen and oxygen atoms in total. The number of aliphatic carboxylic acids is 1. The fourth-order valence-electron chi connectivity index (χ4n) is 2.37. The molecule has 0 aromatic carbocycles. The quantitative estimate of drug-likeness (QED) is 0.911. The number of ether oxygens (including phenoxy) is 1. The smallest absolute Gasteiger partial charge is 0.318 e. The van der Waals surface area contributed by atoms with Crippen molar-refractivity contribution in [1.29, 1.82) is 0 Å². The Labute approximate surface area is 116 Å². The summed E-state index contributed by atoms with van der Waals surface area (Å²) in [5, 5.41) is 9.58. The van der Waals surface area contributed by atoms with Gasteiger partial charge >= 0.3 is 12.0 Å². The molecule has 7 heteroatoms. The zero-order valence-electron chi connectivity index (χ0n) is 10.8. The number of halogens is 1. The van der Waals surface area contributed by atoms with Crippen LogP contribution in [0.3, 0.4) is 0 Å². The van der Waals surface area contributed by atoms with Crippen LogP contribution in [0.25, 0.3) is 0 Å². The number of carboxylic acids is 1.